The van der Waals surface area contributed by atoms with Crippen molar-refractivity contribution in [1.29, 1.82) is 0 Å². The van der Waals surface area contributed by atoms with Crippen LogP contribution in [0.3, 0.4) is 0 Å². The van der Waals surface area contributed by atoms with Gasteiger partial charge in [-0.2, -0.15) is 0 Å². The van der Waals surface area contributed by atoms with Crippen molar-refractivity contribution in [3.8, 4) is 17.2 Å². The van der Waals surface area contributed by atoms with Gasteiger partial charge in [-0.15, -0.1) is 0 Å². The maximum absolute atomic E-state index is 13.0. The highest BCUT2D eigenvalue weighted by atomic mass is 32.2. The minimum atomic E-state index is -0.129. The molecule has 1 N–H and O–H groups in total. The van der Waals surface area contributed by atoms with Gasteiger partial charge in [0.05, 0.1) is 34.3 Å². The molecule has 1 aliphatic carbocycles. The molecule has 2 amide bonds. The van der Waals surface area contributed by atoms with E-state index in [0.29, 0.717) is 22.9 Å². The van der Waals surface area contributed by atoms with Crippen LogP contribution in [0.25, 0.3) is 17.2 Å². The Hall–Kier alpha value is -4.11. The number of carbonyl (C=O) groups excluding carboxylic acids is 2. The molecule has 1 aliphatic rings. The number of aromatic nitrogens is 1. The Kier molecular flexibility index (Phi) is 8.94. The van der Waals surface area contributed by atoms with Gasteiger partial charge < -0.3 is 29.0 Å². The number of ether oxygens (including phenoxy) is 3. The summed E-state index contributed by atoms with van der Waals surface area (Å²) in [5.41, 5.74) is 6.83. The Morgan fingerprint density at radius 3 is 2.27 bits per heavy atom. The average molecular weight is 562 g/mol. The van der Waals surface area contributed by atoms with Crippen LogP contribution >= 0.6 is 11.8 Å². The van der Waals surface area contributed by atoms with Crippen molar-refractivity contribution in [3.63, 3.8) is 0 Å². The van der Waals surface area contributed by atoms with Gasteiger partial charge in [-0.05, 0) is 94.6 Å². The molecule has 210 valence electrons. The molecule has 3 aromatic rings. The highest BCUT2D eigenvalue weighted by molar-refractivity contribution is 8.13. The molecule has 0 unspecified atom stereocenters. The zero-order chi connectivity index (χ0) is 29.0. The van der Waals surface area contributed by atoms with Crippen molar-refractivity contribution >= 4 is 40.1 Å². The van der Waals surface area contributed by atoms with Crippen molar-refractivity contribution in [1.82, 2.24) is 14.8 Å². The molecule has 0 saturated heterocycles. The number of amides is 2. The molecule has 2 aromatic carbocycles. The number of methoxy groups -OCH3 is 3. The number of aryl methyl sites for hydroxylation is 1. The molecule has 0 aliphatic heterocycles. The van der Waals surface area contributed by atoms with Gasteiger partial charge in [0, 0.05) is 33.0 Å². The van der Waals surface area contributed by atoms with Crippen LogP contribution in [0.1, 0.15) is 35.7 Å². The van der Waals surface area contributed by atoms with Gasteiger partial charge in [-0.1, -0.05) is 6.07 Å². The van der Waals surface area contributed by atoms with Gasteiger partial charge in [-0.25, -0.2) is 0 Å². The Balaban J connectivity index is 1.71. The Labute approximate surface area is 239 Å². The second-order valence-corrected chi connectivity index (χ2v) is 10.6. The topological polar surface area (TPSA) is 82.0 Å². The van der Waals surface area contributed by atoms with E-state index < -0.39 is 0 Å². The molecule has 0 saturated carbocycles. The fourth-order valence-corrected chi connectivity index (χ4v) is 5.48. The van der Waals surface area contributed by atoms with E-state index in [-0.39, 0.29) is 17.6 Å². The van der Waals surface area contributed by atoms with Crippen LogP contribution in [0.5, 0.6) is 17.2 Å². The fourth-order valence-electron chi connectivity index (χ4n) is 4.64. The van der Waals surface area contributed by atoms with E-state index in [4.69, 9.17) is 14.2 Å². The lowest BCUT2D eigenvalue weighted by Crippen LogP contribution is -2.23. The summed E-state index contributed by atoms with van der Waals surface area (Å²) in [5.74, 6) is 1.76. The predicted octanol–water partition coefficient (Wildman–Crippen LogP) is 5.86. The van der Waals surface area contributed by atoms with Gasteiger partial charge in [0.2, 0.25) is 5.91 Å². The van der Waals surface area contributed by atoms with Crippen LogP contribution in [0.2, 0.25) is 0 Å². The molecular formula is C31H35N3O5S. The number of fused-ring (bicyclic) bond motifs is 1. The SMILES string of the molecule is COc1ccc2c(c1)C(CC(=O)NCc1cccn1C)=C(C)/C2=C/c1cc(OC)c(SC(=O)N(C)C)c(OC)c1. The minimum Gasteiger partial charge on any atom is -0.497 e. The quantitative estimate of drug-likeness (QED) is 0.330. The van der Waals surface area contributed by atoms with Crippen LogP contribution in [-0.4, -0.2) is 56.0 Å². The molecule has 0 atom stereocenters. The van der Waals surface area contributed by atoms with Crippen LogP contribution < -0.4 is 19.5 Å². The Morgan fingerprint density at radius 2 is 1.70 bits per heavy atom. The third kappa shape index (κ3) is 6.04. The first-order chi connectivity index (χ1) is 19.2. The second-order valence-electron chi connectivity index (χ2n) is 9.65. The van der Waals surface area contributed by atoms with Crippen molar-refractivity contribution in [2.24, 2.45) is 7.05 Å². The maximum Gasteiger partial charge on any atom is 0.286 e. The molecule has 1 aromatic heterocycles. The van der Waals surface area contributed by atoms with Crippen LogP contribution in [0.4, 0.5) is 4.79 Å². The monoisotopic (exact) mass is 561 g/mol. The summed E-state index contributed by atoms with van der Waals surface area (Å²) in [6, 6.07) is 13.7. The lowest BCUT2D eigenvalue weighted by Gasteiger charge is -2.16. The smallest absolute Gasteiger partial charge is 0.286 e. The normalized spacial score (nSPS) is 13.3. The fraction of sp³-hybridized carbons (Fsp3) is 0.290. The Morgan fingerprint density at radius 1 is 1.00 bits per heavy atom. The minimum absolute atomic E-state index is 0.0548. The summed E-state index contributed by atoms with van der Waals surface area (Å²) in [5, 5.41) is 2.92. The molecule has 0 radical (unpaired) electrons. The third-order valence-electron chi connectivity index (χ3n) is 6.90. The number of rotatable bonds is 9. The number of nitrogens with one attached hydrogen (secondary N) is 1. The highest BCUT2D eigenvalue weighted by Crippen LogP contribution is 2.46. The number of allylic oxidation sites excluding steroid dienone is 2. The number of hydrogen-bond donors (Lipinski definition) is 1. The molecule has 0 bridgehead atoms. The van der Waals surface area contributed by atoms with Gasteiger partial charge >= 0.3 is 0 Å². The number of thioether (sulfide) groups is 1. The molecular weight excluding hydrogens is 526 g/mol. The van der Waals surface area contributed by atoms with Gasteiger partial charge in [-0.3, -0.25) is 9.59 Å². The largest absolute Gasteiger partial charge is 0.497 e. The molecule has 40 heavy (non-hydrogen) atoms. The Bertz CT molecular complexity index is 1480. The summed E-state index contributed by atoms with van der Waals surface area (Å²) >= 11 is 1.06. The number of carbonyl (C=O) groups is 2. The van der Waals surface area contributed by atoms with Crippen LogP contribution in [-0.2, 0) is 18.4 Å². The third-order valence-corrected chi connectivity index (χ3v) is 8.05. The van der Waals surface area contributed by atoms with E-state index in [1.807, 2.05) is 67.2 Å². The summed E-state index contributed by atoms with van der Waals surface area (Å²) in [6.07, 6.45) is 4.26. The van der Waals surface area contributed by atoms with E-state index in [2.05, 4.69) is 11.4 Å². The molecule has 0 fully saturated rings. The van der Waals surface area contributed by atoms with E-state index in [9.17, 15) is 9.59 Å². The standard InChI is InChI=1S/C31H35N3O5S/c1-19-24(13-20-14-27(38-6)30(28(15-20)39-7)40-31(36)33(2)3)23-11-10-22(37-5)16-26(23)25(19)17-29(35)32-18-21-9-8-12-34(21)4/h8-16H,17-18H2,1-7H3,(H,32,35)/b24-13-. The van der Waals surface area contributed by atoms with E-state index in [0.717, 1.165) is 56.6 Å². The lowest BCUT2D eigenvalue weighted by molar-refractivity contribution is -0.120. The highest BCUT2D eigenvalue weighted by Gasteiger charge is 2.26. The van der Waals surface area contributed by atoms with Gasteiger partial charge in [0.15, 0.2) is 0 Å². The first-order valence-electron chi connectivity index (χ1n) is 12.8. The first-order valence-corrected chi connectivity index (χ1v) is 13.6. The second kappa shape index (κ2) is 12.4. The molecule has 9 heteroatoms. The molecule has 4 rings (SSSR count). The van der Waals surface area contributed by atoms with E-state index >= 15 is 0 Å². The number of nitrogens with zero attached hydrogens (tertiary/aromatic N) is 2. The summed E-state index contributed by atoms with van der Waals surface area (Å²) in [7, 11) is 10.1. The van der Waals surface area contributed by atoms with Crippen LogP contribution in [0.15, 0.2) is 59.1 Å². The van der Waals surface area contributed by atoms with Crippen molar-refractivity contribution in [2.45, 2.75) is 24.8 Å². The average Bonchev–Trinajstić information content (AvgIpc) is 3.47. The maximum atomic E-state index is 13.0. The van der Waals surface area contributed by atoms with Crippen molar-refractivity contribution in [2.75, 3.05) is 35.4 Å². The number of hydrogen-bond acceptors (Lipinski definition) is 6. The summed E-state index contributed by atoms with van der Waals surface area (Å²) in [6.45, 7) is 2.50. The van der Waals surface area contributed by atoms with E-state index in [1.165, 1.54) is 4.90 Å². The summed E-state index contributed by atoms with van der Waals surface area (Å²) in [4.78, 5) is 27.6. The summed E-state index contributed by atoms with van der Waals surface area (Å²) < 4.78 is 18.8. The molecule has 8 nitrogen and oxygen atoms in total. The van der Waals surface area contributed by atoms with E-state index in [1.54, 1.807) is 35.4 Å². The molecule has 0 spiro atoms. The van der Waals surface area contributed by atoms with Crippen molar-refractivity contribution < 1.29 is 23.8 Å². The van der Waals surface area contributed by atoms with Crippen LogP contribution in [0, 0.1) is 0 Å². The first kappa shape index (κ1) is 28.9. The van der Waals surface area contributed by atoms with Gasteiger partial charge in [0.1, 0.15) is 22.1 Å². The predicted molar refractivity (Wildman–Crippen MR) is 160 cm³/mol. The van der Waals surface area contributed by atoms with Gasteiger partial charge in [0.25, 0.3) is 5.24 Å². The molecule has 1 heterocycles. The van der Waals surface area contributed by atoms with Crippen molar-refractivity contribution in [3.05, 3.63) is 76.6 Å². The zero-order valence-corrected chi connectivity index (χ0v) is 24.8. The number of benzene rings is 2. The zero-order valence-electron chi connectivity index (χ0n) is 24.0. The lowest BCUT2D eigenvalue weighted by atomic mass is 10.00.